The number of nitrogens with zero attached hydrogens (tertiary/aromatic N) is 2. The summed E-state index contributed by atoms with van der Waals surface area (Å²) in [4.78, 5) is 17.1. The predicted octanol–water partition coefficient (Wildman–Crippen LogP) is 5.07. The van der Waals surface area contributed by atoms with Crippen molar-refractivity contribution in [1.82, 2.24) is 14.7 Å². The quantitative estimate of drug-likeness (QED) is 0.518. The number of nitrogens with one attached hydrogen (secondary N) is 1. The van der Waals surface area contributed by atoms with Crippen molar-refractivity contribution in [2.75, 3.05) is 6.54 Å². The van der Waals surface area contributed by atoms with E-state index in [0.29, 0.717) is 23.4 Å². The lowest BCUT2D eigenvalue weighted by Gasteiger charge is -2.23. The van der Waals surface area contributed by atoms with E-state index in [2.05, 4.69) is 24.1 Å². The standard InChI is InChI=1S/C23H26F2N4O2.C2H6/c1-13-8-14(9-18(31-22(24)25)20(13)21(30)28-16-4-5-16)17-11-27-19-10-15(6-7-29(17)19)23(2,3)12-26;1-2/h6-11,16,22H,4-5,12,26H2,1-3H3,(H,28,30);1-2H3. The first kappa shape index (κ1) is 24.6. The highest BCUT2D eigenvalue weighted by molar-refractivity contribution is 5.99. The number of aromatic nitrogens is 2. The molecule has 0 spiro atoms. The number of hydrogen-bond acceptors (Lipinski definition) is 4. The number of carbonyl (C=O) groups excluding carboxylic acids is 1. The number of imidazole rings is 1. The fourth-order valence-electron chi connectivity index (χ4n) is 3.60. The van der Waals surface area contributed by atoms with Gasteiger partial charge in [0.05, 0.1) is 17.5 Å². The molecule has 178 valence electrons. The Bertz CT molecular complexity index is 1140. The molecule has 33 heavy (non-hydrogen) atoms. The highest BCUT2D eigenvalue weighted by Crippen LogP contribution is 2.33. The first-order valence-corrected chi connectivity index (χ1v) is 11.3. The summed E-state index contributed by atoms with van der Waals surface area (Å²) in [6, 6.07) is 7.32. The highest BCUT2D eigenvalue weighted by Gasteiger charge is 2.27. The Morgan fingerprint density at radius 3 is 2.61 bits per heavy atom. The van der Waals surface area contributed by atoms with E-state index in [9.17, 15) is 13.6 Å². The fourth-order valence-corrected chi connectivity index (χ4v) is 3.60. The smallest absolute Gasteiger partial charge is 0.387 e. The van der Waals surface area contributed by atoms with Crippen LogP contribution in [0.2, 0.25) is 0 Å². The van der Waals surface area contributed by atoms with Crippen LogP contribution in [0.25, 0.3) is 16.9 Å². The number of rotatable bonds is 7. The second-order valence-corrected chi connectivity index (χ2v) is 8.67. The molecule has 1 aliphatic carbocycles. The Hall–Kier alpha value is -3.00. The number of aryl methyl sites for hydroxylation is 1. The van der Waals surface area contributed by atoms with Gasteiger partial charge in [-0.05, 0) is 55.2 Å². The summed E-state index contributed by atoms with van der Waals surface area (Å²) in [7, 11) is 0. The summed E-state index contributed by atoms with van der Waals surface area (Å²) >= 11 is 0. The fraction of sp³-hybridized carbons (Fsp3) is 0.440. The van der Waals surface area contributed by atoms with Gasteiger partial charge in [0.1, 0.15) is 11.4 Å². The maximum absolute atomic E-state index is 13.1. The lowest BCUT2D eigenvalue weighted by atomic mass is 9.85. The van der Waals surface area contributed by atoms with Crippen LogP contribution in [0.1, 0.15) is 62.0 Å². The van der Waals surface area contributed by atoms with Gasteiger partial charge in [0.15, 0.2) is 0 Å². The number of hydrogen-bond donors (Lipinski definition) is 2. The zero-order chi connectivity index (χ0) is 24.3. The largest absolute Gasteiger partial charge is 0.434 e. The number of pyridine rings is 1. The highest BCUT2D eigenvalue weighted by atomic mass is 19.3. The average molecular weight is 459 g/mol. The summed E-state index contributed by atoms with van der Waals surface area (Å²) < 4.78 is 32.8. The minimum atomic E-state index is -3.04. The molecule has 3 aromatic rings. The van der Waals surface area contributed by atoms with Crippen molar-refractivity contribution in [3.63, 3.8) is 0 Å². The number of carbonyl (C=O) groups is 1. The molecule has 6 nitrogen and oxygen atoms in total. The summed E-state index contributed by atoms with van der Waals surface area (Å²) in [5.74, 6) is -0.534. The van der Waals surface area contributed by atoms with Crippen LogP contribution >= 0.6 is 0 Å². The molecule has 0 bridgehead atoms. The van der Waals surface area contributed by atoms with Crippen molar-refractivity contribution < 1.29 is 18.3 Å². The number of ether oxygens (including phenoxy) is 1. The minimum absolute atomic E-state index is 0.108. The summed E-state index contributed by atoms with van der Waals surface area (Å²) in [5, 5.41) is 2.84. The number of nitrogens with two attached hydrogens (primary N) is 1. The molecule has 8 heteroatoms. The van der Waals surface area contributed by atoms with Crippen molar-refractivity contribution in [3.05, 3.63) is 53.3 Å². The third-order valence-electron chi connectivity index (χ3n) is 5.76. The molecular weight excluding hydrogens is 426 g/mol. The maximum Gasteiger partial charge on any atom is 0.387 e. The molecule has 1 amide bonds. The van der Waals surface area contributed by atoms with Gasteiger partial charge in [0.2, 0.25) is 0 Å². The Morgan fingerprint density at radius 1 is 1.30 bits per heavy atom. The normalized spacial score (nSPS) is 13.6. The Morgan fingerprint density at radius 2 is 2.00 bits per heavy atom. The van der Waals surface area contributed by atoms with E-state index in [-0.39, 0.29) is 22.8 Å². The molecule has 0 atom stereocenters. The summed E-state index contributed by atoms with van der Waals surface area (Å²) in [6.45, 7) is 7.30. The molecule has 1 fully saturated rings. The van der Waals surface area contributed by atoms with E-state index in [1.54, 1.807) is 19.2 Å². The van der Waals surface area contributed by atoms with Gasteiger partial charge in [-0.25, -0.2) is 4.98 Å². The van der Waals surface area contributed by atoms with Gasteiger partial charge in [-0.2, -0.15) is 8.78 Å². The van der Waals surface area contributed by atoms with Gasteiger partial charge in [-0.15, -0.1) is 0 Å². The zero-order valence-corrected chi connectivity index (χ0v) is 19.8. The molecule has 3 N–H and O–H groups in total. The molecule has 0 aliphatic heterocycles. The van der Waals surface area contributed by atoms with Crippen LogP contribution in [0.5, 0.6) is 5.75 Å². The van der Waals surface area contributed by atoms with Crippen LogP contribution in [0, 0.1) is 6.92 Å². The monoisotopic (exact) mass is 458 g/mol. The first-order chi connectivity index (χ1) is 15.7. The van der Waals surface area contributed by atoms with E-state index in [1.165, 1.54) is 6.07 Å². The molecule has 2 heterocycles. The van der Waals surface area contributed by atoms with Crippen LogP contribution in [0.15, 0.2) is 36.7 Å². The molecule has 1 aliphatic rings. The molecular formula is C25H32F2N4O2. The summed E-state index contributed by atoms with van der Waals surface area (Å²) in [6.07, 6.45) is 5.37. The molecule has 1 aromatic carbocycles. The average Bonchev–Trinajstić information content (AvgIpc) is 3.48. The number of amides is 1. The topological polar surface area (TPSA) is 81.7 Å². The Labute approximate surface area is 193 Å². The van der Waals surface area contributed by atoms with Crippen molar-refractivity contribution >= 4 is 11.6 Å². The van der Waals surface area contributed by atoms with Gasteiger partial charge in [0.25, 0.3) is 5.91 Å². The van der Waals surface area contributed by atoms with E-state index in [4.69, 9.17) is 10.5 Å². The number of fused-ring (bicyclic) bond motifs is 1. The maximum atomic E-state index is 13.1. The van der Waals surface area contributed by atoms with Gasteiger partial charge in [-0.1, -0.05) is 27.7 Å². The van der Waals surface area contributed by atoms with Gasteiger partial charge in [-0.3, -0.25) is 9.20 Å². The second-order valence-electron chi connectivity index (χ2n) is 8.67. The molecule has 4 rings (SSSR count). The van der Waals surface area contributed by atoms with E-state index >= 15 is 0 Å². The third kappa shape index (κ3) is 5.33. The van der Waals surface area contributed by atoms with Crippen LogP contribution in [-0.4, -0.2) is 34.5 Å². The van der Waals surface area contributed by atoms with Crippen molar-refractivity contribution in [2.24, 2.45) is 5.73 Å². The van der Waals surface area contributed by atoms with E-state index in [0.717, 1.165) is 24.1 Å². The molecule has 2 aromatic heterocycles. The van der Waals surface area contributed by atoms with Crippen LogP contribution in [-0.2, 0) is 5.41 Å². The lowest BCUT2D eigenvalue weighted by molar-refractivity contribution is -0.0501. The van der Waals surface area contributed by atoms with Crippen LogP contribution in [0.4, 0.5) is 8.78 Å². The molecule has 0 saturated heterocycles. The Balaban J connectivity index is 0.00000149. The molecule has 0 unspecified atom stereocenters. The van der Waals surface area contributed by atoms with E-state index < -0.39 is 12.5 Å². The first-order valence-electron chi connectivity index (χ1n) is 11.3. The van der Waals surface area contributed by atoms with Crippen molar-refractivity contribution in [3.8, 4) is 17.0 Å². The Kier molecular flexibility index (Phi) is 7.37. The van der Waals surface area contributed by atoms with Crippen molar-refractivity contribution in [1.29, 1.82) is 0 Å². The van der Waals surface area contributed by atoms with E-state index in [1.807, 2.05) is 36.6 Å². The van der Waals surface area contributed by atoms with Crippen LogP contribution < -0.4 is 15.8 Å². The molecule has 1 saturated carbocycles. The summed E-state index contributed by atoms with van der Waals surface area (Å²) in [5.41, 5.74) is 9.51. The van der Waals surface area contributed by atoms with Crippen LogP contribution in [0.3, 0.4) is 0 Å². The lowest BCUT2D eigenvalue weighted by Crippen LogP contribution is -2.28. The molecule has 0 radical (unpaired) electrons. The number of halogens is 2. The van der Waals surface area contributed by atoms with Gasteiger partial charge in [0, 0.05) is 29.8 Å². The van der Waals surface area contributed by atoms with Crippen molar-refractivity contribution in [2.45, 2.75) is 65.5 Å². The number of alkyl halides is 2. The third-order valence-corrected chi connectivity index (χ3v) is 5.76. The minimum Gasteiger partial charge on any atom is -0.434 e. The second kappa shape index (κ2) is 9.87. The number of benzene rings is 1. The van der Waals surface area contributed by atoms with Gasteiger partial charge >= 0.3 is 6.61 Å². The predicted molar refractivity (Wildman–Crippen MR) is 126 cm³/mol. The SMILES string of the molecule is CC.Cc1cc(-c2cnc3cc(C(C)(C)CN)ccn23)cc(OC(F)F)c1C(=O)NC1CC1. The zero-order valence-electron chi connectivity index (χ0n) is 19.8. The van der Waals surface area contributed by atoms with Gasteiger partial charge < -0.3 is 15.8 Å².